The predicted molar refractivity (Wildman–Crippen MR) is 72.0 cm³/mol. The van der Waals surface area contributed by atoms with E-state index in [0.717, 1.165) is 31.9 Å². The van der Waals surface area contributed by atoms with Gasteiger partial charge in [-0.15, -0.1) is 0 Å². The smallest absolute Gasteiger partial charge is 0.259 e. The third-order valence-corrected chi connectivity index (χ3v) is 3.58. The minimum atomic E-state index is 0.297. The number of nitrogens with two attached hydrogens (primary N) is 1. The molecular formula is C13H14ClN3O2. The molecule has 1 fully saturated rings. The van der Waals surface area contributed by atoms with Gasteiger partial charge in [-0.2, -0.15) is 4.98 Å². The van der Waals surface area contributed by atoms with E-state index in [1.165, 1.54) is 0 Å². The van der Waals surface area contributed by atoms with Crippen LogP contribution in [0.2, 0.25) is 5.02 Å². The Morgan fingerprint density at radius 3 is 2.84 bits per heavy atom. The van der Waals surface area contributed by atoms with E-state index >= 15 is 0 Å². The average molecular weight is 280 g/mol. The zero-order chi connectivity index (χ0) is 13.2. The van der Waals surface area contributed by atoms with E-state index < -0.39 is 0 Å². The van der Waals surface area contributed by atoms with Crippen LogP contribution in [0.4, 0.5) is 5.69 Å². The maximum absolute atomic E-state index is 6.12. The molecule has 100 valence electrons. The van der Waals surface area contributed by atoms with E-state index in [1.807, 2.05) is 0 Å². The molecule has 2 aromatic rings. The molecule has 0 saturated carbocycles. The number of anilines is 1. The Bertz CT molecular complexity index is 579. The Morgan fingerprint density at radius 1 is 1.26 bits per heavy atom. The highest BCUT2D eigenvalue weighted by atomic mass is 35.5. The fraction of sp³-hybridized carbons (Fsp3) is 0.385. The van der Waals surface area contributed by atoms with Gasteiger partial charge in [0.2, 0.25) is 0 Å². The summed E-state index contributed by atoms with van der Waals surface area (Å²) in [6, 6.07) is 5.20. The number of nitrogens with zero attached hydrogens (tertiary/aromatic N) is 2. The molecule has 3 rings (SSSR count). The molecule has 5 nitrogen and oxygen atoms in total. The summed E-state index contributed by atoms with van der Waals surface area (Å²) in [5, 5.41) is 4.60. The zero-order valence-electron chi connectivity index (χ0n) is 10.3. The topological polar surface area (TPSA) is 74.2 Å². The van der Waals surface area contributed by atoms with Crippen molar-refractivity contribution in [2.75, 3.05) is 18.9 Å². The Hall–Kier alpha value is -1.59. The third kappa shape index (κ3) is 2.57. The highest BCUT2D eigenvalue weighted by molar-refractivity contribution is 6.33. The van der Waals surface area contributed by atoms with Crippen molar-refractivity contribution in [1.29, 1.82) is 0 Å². The molecule has 1 aliphatic heterocycles. The first-order valence-electron chi connectivity index (χ1n) is 6.21. The van der Waals surface area contributed by atoms with Crippen LogP contribution in [0.3, 0.4) is 0 Å². The summed E-state index contributed by atoms with van der Waals surface area (Å²) < 4.78 is 10.6. The van der Waals surface area contributed by atoms with Gasteiger partial charge in [-0.25, -0.2) is 0 Å². The van der Waals surface area contributed by atoms with Crippen LogP contribution < -0.4 is 5.73 Å². The second-order valence-electron chi connectivity index (χ2n) is 4.58. The molecule has 1 aliphatic rings. The second-order valence-corrected chi connectivity index (χ2v) is 4.99. The van der Waals surface area contributed by atoms with E-state index in [9.17, 15) is 0 Å². The molecule has 0 amide bonds. The van der Waals surface area contributed by atoms with Crippen LogP contribution in [0.5, 0.6) is 0 Å². The minimum Gasteiger partial charge on any atom is -0.399 e. The van der Waals surface area contributed by atoms with Crippen LogP contribution in [-0.2, 0) is 4.74 Å². The van der Waals surface area contributed by atoms with Gasteiger partial charge >= 0.3 is 0 Å². The number of nitrogen functional groups attached to an aromatic ring is 1. The number of rotatable bonds is 2. The van der Waals surface area contributed by atoms with Gasteiger partial charge in [-0.3, -0.25) is 0 Å². The van der Waals surface area contributed by atoms with Gasteiger partial charge in [0.15, 0.2) is 5.82 Å². The van der Waals surface area contributed by atoms with Crippen LogP contribution in [0, 0.1) is 0 Å². The van der Waals surface area contributed by atoms with Gasteiger partial charge in [-0.05, 0) is 31.0 Å². The van der Waals surface area contributed by atoms with Crippen molar-refractivity contribution >= 4 is 17.3 Å². The van der Waals surface area contributed by atoms with Gasteiger partial charge in [-0.1, -0.05) is 16.8 Å². The Balaban J connectivity index is 1.89. The molecular weight excluding hydrogens is 266 g/mol. The molecule has 0 radical (unpaired) electrons. The summed E-state index contributed by atoms with van der Waals surface area (Å²) in [5.41, 5.74) is 7.04. The number of hydrogen-bond acceptors (Lipinski definition) is 5. The SMILES string of the molecule is Nc1ccc(Cl)c(-c2nc(C3CCOCC3)no2)c1. The summed E-state index contributed by atoms with van der Waals surface area (Å²) in [4.78, 5) is 4.43. The van der Waals surface area contributed by atoms with Crippen molar-refractivity contribution in [3.05, 3.63) is 29.0 Å². The van der Waals surface area contributed by atoms with Gasteiger partial charge in [0.25, 0.3) is 5.89 Å². The third-order valence-electron chi connectivity index (χ3n) is 3.25. The first kappa shape index (κ1) is 12.4. The number of ether oxygens (including phenoxy) is 1. The quantitative estimate of drug-likeness (QED) is 0.856. The molecule has 1 aromatic heterocycles. The van der Waals surface area contributed by atoms with E-state index in [-0.39, 0.29) is 0 Å². The van der Waals surface area contributed by atoms with E-state index in [0.29, 0.717) is 28.1 Å². The lowest BCUT2D eigenvalue weighted by atomic mass is 10.00. The zero-order valence-corrected chi connectivity index (χ0v) is 11.1. The number of benzene rings is 1. The molecule has 1 aromatic carbocycles. The van der Waals surface area contributed by atoms with E-state index in [2.05, 4.69) is 10.1 Å². The largest absolute Gasteiger partial charge is 0.399 e. The number of hydrogen-bond donors (Lipinski definition) is 1. The lowest BCUT2D eigenvalue weighted by Crippen LogP contribution is -2.15. The standard InChI is InChI=1S/C13H14ClN3O2/c14-11-2-1-9(15)7-10(11)13-16-12(17-19-13)8-3-5-18-6-4-8/h1-2,7-8H,3-6,15H2. The maximum Gasteiger partial charge on any atom is 0.259 e. The number of halogens is 1. The number of aromatic nitrogens is 2. The van der Waals surface area contributed by atoms with Crippen molar-refractivity contribution < 1.29 is 9.26 Å². The highest BCUT2D eigenvalue weighted by Gasteiger charge is 2.22. The first-order chi connectivity index (χ1) is 9.24. The first-order valence-corrected chi connectivity index (χ1v) is 6.58. The van der Waals surface area contributed by atoms with Crippen LogP contribution in [-0.4, -0.2) is 23.4 Å². The molecule has 2 N–H and O–H groups in total. The van der Waals surface area contributed by atoms with Gasteiger partial charge in [0.1, 0.15) is 0 Å². The molecule has 1 saturated heterocycles. The lowest BCUT2D eigenvalue weighted by Gasteiger charge is -2.18. The molecule has 6 heteroatoms. The molecule has 2 heterocycles. The lowest BCUT2D eigenvalue weighted by molar-refractivity contribution is 0.0830. The molecule has 19 heavy (non-hydrogen) atoms. The van der Waals surface area contributed by atoms with Gasteiger partial charge < -0.3 is 15.0 Å². The molecule has 0 spiro atoms. The monoisotopic (exact) mass is 279 g/mol. The van der Waals surface area contributed by atoms with Crippen molar-refractivity contribution in [1.82, 2.24) is 10.1 Å². The van der Waals surface area contributed by atoms with Crippen LogP contribution in [0.25, 0.3) is 11.5 Å². The van der Waals surface area contributed by atoms with Crippen LogP contribution >= 0.6 is 11.6 Å². The Kier molecular flexibility index (Phi) is 3.40. The van der Waals surface area contributed by atoms with Crippen LogP contribution in [0.1, 0.15) is 24.6 Å². The fourth-order valence-corrected chi connectivity index (χ4v) is 2.37. The molecule has 0 bridgehead atoms. The summed E-state index contributed by atoms with van der Waals surface area (Å²) in [7, 11) is 0. The normalized spacial score (nSPS) is 16.7. The maximum atomic E-state index is 6.12. The minimum absolute atomic E-state index is 0.297. The summed E-state index contributed by atoms with van der Waals surface area (Å²) in [6.07, 6.45) is 1.84. The van der Waals surface area contributed by atoms with Crippen molar-refractivity contribution in [2.24, 2.45) is 0 Å². The molecule has 0 atom stereocenters. The van der Waals surface area contributed by atoms with Crippen molar-refractivity contribution in [2.45, 2.75) is 18.8 Å². The predicted octanol–water partition coefficient (Wildman–Crippen LogP) is 2.87. The second kappa shape index (κ2) is 5.19. The summed E-state index contributed by atoms with van der Waals surface area (Å²) >= 11 is 6.12. The Labute approximate surface area is 115 Å². The summed E-state index contributed by atoms with van der Waals surface area (Å²) in [6.45, 7) is 1.49. The van der Waals surface area contributed by atoms with E-state index in [1.54, 1.807) is 18.2 Å². The van der Waals surface area contributed by atoms with Crippen molar-refractivity contribution in [3.8, 4) is 11.5 Å². The molecule has 0 unspecified atom stereocenters. The Morgan fingerprint density at radius 2 is 2.05 bits per heavy atom. The summed E-state index contributed by atoms with van der Waals surface area (Å²) in [5.74, 6) is 1.43. The van der Waals surface area contributed by atoms with Crippen molar-refractivity contribution in [3.63, 3.8) is 0 Å². The van der Waals surface area contributed by atoms with Crippen LogP contribution in [0.15, 0.2) is 22.7 Å². The fourth-order valence-electron chi connectivity index (χ4n) is 2.17. The highest BCUT2D eigenvalue weighted by Crippen LogP contribution is 2.31. The average Bonchev–Trinajstić information content (AvgIpc) is 2.92. The van der Waals surface area contributed by atoms with Gasteiger partial charge in [0.05, 0.1) is 10.6 Å². The van der Waals surface area contributed by atoms with Gasteiger partial charge in [0, 0.05) is 24.8 Å². The van der Waals surface area contributed by atoms with E-state index in [4.69, 9.17) is 26.6 Å². The molecule has 0 aliphatic carbocycles.